The van der Waals surface area contributed by atoms with Crippen molar-refractivity contribution in [3.05, 3.63) is 65.6 Å². The summed E-state index contributed by atoms with van der Waals surface area (Å²) in [5.41, 5.74) is 1.55. The molecule has 7 nitrogen and oxygen atoms in total. The SMILES string of the molecule is CCN(CC)Cc1cccc(NC(=O)c2ccc(Nc3ncc(SC)c(OC(F)(F)F)n3)c(F)c2)c1. The van der Waals surface area contributed by atoms with Gasteiger partial charge in [0, 0.05) is 24.0 Å². The number of benzene rings is 2. The first-order valence-electron chi connectivity index (χ1n) is 11.0. The van der Waals surface area contributed by atoms with Crippen molar-refractivity contribution in [2.75, 3.05) is 30.0 Å². The van der Waals surface area contributed by atoms with Gasteiger partial charge in [-0.15, -0.1) is 24.9 Å². The van der Waals surface area contributed by atoms with E-state index in [9.17, 15) is 22.4 Å². The minimum atomic E-state index is -4.94. The molecule has 0 radical (unpaired) electrons. The van der Waals surface area contributed by atoms with Crippen molar-refractivity contribution >= 4 is 35.0 Å². The van der Waals surface area contributed by atoms with E-state index in [1.807, 2.05) is 18.2 Å². The first-order valence-corrected chi connectivity index (χ1v) is 12.2. The number of nitrogens with zero attached hydrogens (tertiary/aromatic N) is 3. The molecule has 0 bridgehead atoms. The maximum atomic E-state index is 14.7. The van der Waals surface area contributed by atoms with Crippen molar-refractivity contribution in [3.8, 4) is 5.88 Å². The highest BCUT2D eigenvalue weighted by atomic mass is 32.2. The second kappa shape index (κ2) is 12.0. The van der Waals surface area contributed by atoms with Crippen LogP contribution in [0, 0.1) is 5.82 Å². The van der Waals surface area contributed by atoms with Crippen LogP contribution in [0.2, 0.25) is 0 Å². The molecule has 0 unspecified atom stereocenters. The van der Waals surface area contributed by atoms with E-state index in [2.05, 4.69) is 44.1 Å². The van der Waals surface area contributed by atoms with Gasteiger partial charge in [-0.1, -0.05) is 26.0 Å². The number of ether oxygens (including phenoxy) is 1. The van der Waals surface area contributed by atoms with Crippen LogP contribution in [0.15, 0.2) is 53.6 Å². The number of rotatable bonds is 10. The van der Waals surface area contributed by atoms with Gasteiger partial charge < -0.3 is 15.4 Å². The molecule has 1 heterocycles. The van der Waals surface area contributed by atoms with E-state index >= 15 is 0 Å². The Kier molecular flexibility index (Phi) is 9.10. The Morgan fingerprint density at radius 2 is 1.89 bits per heavy atom. The van der Waals surface area contributed by atoms with Crippen molar-refractivity contribution in [1.82, 2.24) is 14.9 Å². The van der Waals surface area contributed by atoms with Gasteiger partial charge in [-0.3, -0.25) is 9.69 Å². The van der Waals surface area contributed by atoms with E-state index in [0.29, 0.717) is 5.69 Å². The number of thioether (sulfide) groups is 1. The predicted molar refractivity (Wildman–Crippen MR) is 131 cm³/mol. The van der Waals surface area contributed by atoms with Gasteiger partial charge in [0.15, 0.2) is 0 Å². The van der Waals surface area contributed by atoms with E-state index in [1.54, 1.807) is 12.3 Å². The van der Waals surface area contributed by atoms with Crippen LogP contribution >= 0.6 is 11.8 Å². The van der Waals surface area contributed by atoms with Crippen molar-refractivity contribution in [2.24, 2.45) is 0 Å². The number of nitrogens with one attached hydrogen (secondary N) is 2. The zero-order chi connectivity index (χ0) is 26.3. The van der Waals surface area contributed by atoms with Gasteiger partial charge in [0.2, 0.25) is 11.8 Å². The summed E-state index contributed by atoms with van der Waals surface area (Å²) in [7, 11) is 0. The van der Waals surface area contributed by atoms with Gasteiger partial charge in [0.05, 0.1) is 10.6 Å². The first kappa shape index (κ1) is 27.2. The van der Waals surface area contributed by atoms with Crippen LogP contribution in [0.3, 0.4) is 0 Å². The van der Waals surface area contributed by atoms with Crippen molar-refractivity contribution in [3.63, 3.8) is 0 Å². The van der Waals surface area contributed by atoms with E-state index in [-0.39, 0.29) is 22.1 Å². The number of amides is 1. The van der Waals surface area contributed by atoms with Gasteiger partial charge in [-0.25, -0.2) is 9.37 Å². The zero-order valence-electron chi connectivity index (χ0n) is 19.8. The van der Waals surface area contributed by atoms with Crippen LogP contribution in [-0.4, -0.2) is 46.5 Å². The van der Waals surface area contributed by atoms with Crippen LogP contribution < -0.4 is 15.4 Å². The van der Waals surface area contributed by atoms with Gasteiger partial charge in [0.1, 0.15) is 5.82 Å². The lowest BCUT2D eigenvalue weighted by Crippen LogP contribution is -2.22. The van der Waals surface area contributed by atoms with Crippen molar-refractivity contribution < 1.29 is 27.1 Å². The summed E-state index contributed by atoms with van der Waals surface area (Å²) in [5, 5.41) is 5.26. The Morgan fingerprint density at radius 1 is 1.14 bits per heavy atom. The molecule has 36 heavy (non-hydrogen) atoms. The fourth-order valence-electron chi connectivity index (χ4n) is 3.27. The van der Waals surface area contributed by atoms with Crippen LogP contribution in [0.1, 0.15) is 29.8 Å². The molecule has 0 aliphatic heterocycles. The molecule has 0 saturated heterocycles. The molecular weight excluding hydrogens is 498 g/mol. The highest BCUT2D eigenvalue weighted by molar-refractivity contribution is 7.98. The molecule has 3 aromatic rings. The van der Waals surface area contributed by atoms with Crippen LogP contribution in [0.25, 0.3) is 0 Å². The molecular formula is C24H25F4N5O2S. The number of hydrogen-bond donors (Lipinski definition) is 2. The first-order chi connectivity index (χ1) is 17.1. The second-order valence-electron chi connectivity index (χ2n) is 7.55. The Labute approximate surface area is 210 Å². The van der Waals surface area contributed by atoms with Crippen LogP contribution in [0.5, 0.6) is 5.88 Å². The third kappa shape index (κ3) is 7.56. The number of hydrogen-bond acceptors (Lipinski definition) is 7. The molecule has 192 valence electrons. The van der Waals surface area contributed by atoms with E-state index in [1.165, 1.54) is 12.1 Å². The molecule has 0 atom stereocenters. The van der Waals surface area contributed by atoms with E-state index in [0.717, 1.165) is 49.2 Å². The summed E-state index contributed by atoms with van der Waals surface area (Å²) < 4.78 is 56.6. The number of aromatic nitrogens is 2. The Morgan fingerprint density at radius 3 is 2.53 bits per heavy atom. The number of carbonyl (C=O) groups excluding carboxylic acids is 1. The van der Waals surface area contributed by atoms with E-state index in [4.69, 9.17) is 0 Å². The molecule has 2 aromatic carbocycles. The zero-order valence-corrected chi connectivity index (χ0v) is 20.6. The summed E-state index contributed by atoms with van der Waals surface area (Å²) in [6.45, 7) is 6.68. The Balaban J connectivity index is 1.72. The molecule has 2 N–H and O–H groups in total. The predicted octanol–water partition coefficient (Wildman–Crippen LogP) is 6.07. The fourth-order valence-corrected chi connectivity index (χ4v) is 3.69. The minimum absolute atomic E-state index is 0.0616. The maximum Gasteiger partial charge on any atom is 0.574 e. The third-order valence-corrected chi connectivity index (χ3v) is 5.84. The van der Waals surface area contributed by atoms with Crippen molar-refractivity contribution in [2.45, 2.75) is 31.7 Å². The second-order valence-corrected chi connectivity index (χ2v) is 8.40. The summed E-state index contributed by atoms with van der Waals surface area (Å²) in [5.74, 6) is -2.32. The highest BCUT2D eigenvalue weighted by Crippen LogP contribution is 2.31. The minimum Gasteiger partial charge on any atom is -0.386 e. The van der Waals surface area contributed by atoms with Gasteiger partial charge in [0.25, 0.3) is 5.91 Å². The highest BCUT2D eigenvalue weighted by Gasteiger charge is 2.33. The monoisotopic (exact) mass is 523 g/mol. The molecule has 12 heteroatoms. The lowest BCUT2D eigenvalue weighted by molar-refractivity contribution is -0.277. The van der Waals surface area contributed by atoms with Crippen LogP contribution in [0.4, 0.5) is 34.9 Å². The van der Waals surface area contributed by atoms with Crippen molar-refractivity contribution in [1.29, 1.82) is 0 Å². The van der Waals surface area contributed by atoms with Gasteiger partial charge in [-0.05, 0) is 55.2 Å². The average Bonchev–Trinajstić information content (AvgIpc) is 2.83. The van der Waals surface area contributed by atoms with Gasteiger partial charge >= 0.3 is 6.36 Å². The number of carbonyl (C=O) groups is 1. The number of halogens is 4. The van der Waals surface area contributed by atoms with E-state index < -0.39 is 24.0 Å². The lowest BCUT2D eigenvalue weighted by Gasteiger charge is -2.18. The molecule has 0 aliphatic carbocycles. The van der Waals surface area contributed by atoms with Gasteiger partial charge in [-0.2, -0.15) is 4.98 Å². The molecule has 0 saturated carbocycles. The normalized spacial score (nSPS) is 11.4. The standard InChI is InChI=1S/C24H25F4N5O2S/c1-4-33(5-2)14-15-7-6-8-17(11-15)30-21(34)16-9-10-19(18(25)12-16)31-23-29-13-20(36-3)22(32-23)35-24(26,27)28/h6-13H,4-5,14H2,1-3H3,(H,30,34)(H,29,31,32). The Hall–Kier alpha value is -3.38. The lowest BCUT2D eigenvalue weighted by atomic mass is 10.1. The molecule has 1 aromatic heterocycles. The summed E-state index contributed by atoms with van der Waals surface area (Å²) in [6.07, 6.45) is -2.27. The average molecular weight is 524 g/mol. The number of anilines is 3. The molecule has 3 rings (SSSR count). The number of alkyl halides is 3. The smallest absolute Gasteiger partial charge is 0.386 e. The molecule has 0 aliphatic rings. The largest absolute Gasteiger partial charge is 0.574 e. The molecule has 1 amide bonds. The summed E-state index contributed by atoms with van der Waals surface area (Å²) >= 11 is 0.967. The summed E-state index contributed by atoms with van der Waals surface area (Å²) in [4.78, 5) is 22.5. The maximum absolute atomic E-state index is 14.7. The summed E-state index contributed by atoms with van der Waals surface area (Å²) in [6, 6.07) is 11.1. The topological polar surface area (TPSA) is 79.4 Å². The Bertz CT molecular complexity index is 1210. The quantitative estimate of drug-likeness (QED) is 0.247. The molecule has 0 fully saturated rings. The third-order valence-electron chi connectivity index (χ3n) is 5.12. The fraction of sp³-hybridized carbons (Fsp3) is 0.292. The molecule has 0 spiro atoms. The van der Waals surface area contributed by atoms with Crippen LogP contribution in [-0.2, 0) is 6.54 Å².